The van der Waals surface area contributed by atoms with Crippen molar-refractivity contribution in [2.24, 2.45) is 0 Å². The van der Waals surface area contributed by atoms with Crippen LogP contribution in [0.2, 0.25) is 6.04 Å². The number of ether oxygens (including phenoxy) is 2. The molecule has 0 atom stereocenters. The smallest absolute Gasteiger partial charge is 0.462 e. The van der Waals surface area contributed by atoms with E-state index in [1.54, 1.807) is 20.8 Å². The molecule has 0 amide bonds. The maximum absolute atomic E-state index is 11.2. The SMILES string of the molecule is C=C(C)C(=O)Cl.C=C(C)C(=O)OCCC[Si](OCC)(OCC)OCC.C=CCO.C=CCOC(=O)C(=C)C.CCO[SiH](OCC)OCC. The molecule has 0 aliphatic carbocycles. The minimum atomic E-state index is -2.61. The Bertz CT molecular complexity index is 841. The lowest BCUT2D eigenvalue weighted by molar-refractivity contribution is -0.139. The summed E-state index contributed by atoms with van der Waals surface area (Å²) in [5.74, 6) is -0.730. The molecule has 0 fully saturated rings. The van der Waals surface area contributed by atoms with Crippen LogP contribution >= 0.6 is 11.6 Å². The number of hydrogen-bond donors (Lipinski definition) is 1. The number of rotatable bonds is 22. The zero-order valence-electron chi connectivity index (χ0n) is 30.9. The summed E-state index contributed by atoms with van der Waals surface area (Å²) in [4.78, 5) is 31.6. The number of halogens is 1. The van der Waals surface area contributed by atoms with Crippen molar-refractivity contribution in [2.45, 2.75) is 74.8 Å². The summed E-state index contributed by atoms with van der Waals surface area (Å²) in [7, 11) is -4.34. The molecule has 0 aliphatic rings. The van der Waals surface area contributed by atoms with Gasteiger partial charge in [0.15, 0.2) is 0 Å². The molecular formula is C33H63ClO12Si2. The molecule has 15 heteroatoms. The van der Waals surface area contributed by atoms with Crippen molar-refractivity contribution in [3.63, 3.8) is 0 Å². The van der Waals surface area contributed by atoms with E-state index in [1.165, 1.54) is 12.2 Å². The van der Waals surface area contributed by atoms with Gasteiger partial charge in [-0.25, -0.2) is 9.59 Å². The number of carbonyl (C=O) groups excluding carboxylic acids is 3. The summed E-state index contributed by atoms with van der Waals surface area (Å²) in [5, 5.41) is 7.29. The maximum Gasteiger partial charge on any atom is 0.501 e. The zero-order valence-corrected chi connectivity index (χ0v) is 33.8. The summed E-state index contributed by atoms with van der Waals surface area (Å²) in [6, 6.07) is 0.645. The predicted octanol–water partition coefficient (Wildman–Crippen LogP) is 6.14. The van der Waals surface area contributed by atoms with Crippen molar-refractivity contribution in [2.75, 3.05) is 59.5 Å². The average Bonchev–Trinajstić information content (AvgIpc) is 3.03. The number of hydrogen-bond acceptors (Lipinski definition) is 12. The second-order valence-corrected chi connectivity index (χ2v) is 13.5. The first-order valence-corrected chi connectivity index (χ1v) is 19.4. The molecule has 0 aromatic heterocycles. The molecule has 282 valence electrons. The first-order chi connectivity index (χ1) is 22.6. The molecule has 48 heavy (non-hydrogen) atoms. The molecule has 0 saturated heterocycles. The second kappa shape index (κ2) is 40.9. The van der Waals surface area contributed by atoms with Crippen molar-refractivity contribution in [3.8, 4) is 0 Å². The van der Waals surface area contributed by atoms with Gasteiger partial charge in [0.25, 0.3) is 0 Å². The Hall–Kier alpha value is -2.25. The number of carbonyl (C=O) groups is 3. The van der Waals surface area contributed by atoms with Crippen molar-refractivity contribution in [1.82, 2.24) is 0 Å². The molecule has 0 saturated carbocycles. The highest BCUT2D eigenvalue weighted by atomic mass is 35.5. The lowest BCUT2D eigenvalue weighted by atomic mass is 10.4. The molecule has 1 N–H and O–H groups in total. The van der Waals surface area contributed by atoms with Gasteiger partial charge in [-0.3, -0.25) is 4.79 Å². The summed E-state index contributed by atoms with van der Waals surface area (Å²) < 4.78 is 42.4. The van der Waals surface area contributed by atoms with Gasteiger partial charge in [-0.2, -0.15) is 0 Å². The molecule has 0 spiro atoms. The van der Waals surface area contributed by atoms with Crippen LogP contribution < -0.4 is 0 Å². The summed E-state index contributed by atoms with van der Waals surface area (Å²) >= 11 is 4.87. The van der Waals surface area contributed by atoms with Crippen LogP contribution in [0, 0.1) is 0 Å². The summed E-state index contributed by atoms with van der Waals surface area (Å²) in [6.07, 6.45) is 3.60. The molecule has 0 aliphatic heterocycles. The fraction of sp³-hybridized carbons (Fsp3) is 0.606. The van der Waals surface area contributed by atoms with Crippen LogP contribution in [0.1, 0.15) is 68.7 Å². The molecule has 0 unspecified atom stereocenters. The Morgan fingerprint density at radius 3 is 1.29 bits per heavy atom. The lowest BCUT2D eigenvalue weighted by Crippen LogP contribution is -2.46. The minimum absolute atomic E-state index is 0.0833. The molecule has 12 nitrogen and oxygen atoms in total. The normalized spacial score (nSPS) is 9.75. The summed E-state index contributed by atoms with van der Waals surface area (Å²) in [5.41, 5.74) is 1.21. The van der Waals surface area contributed by atoms with E-state index < -0.39 is 23.6 Å². The highest BCUT2D eigenvalue weighted by Crippen LogP contribution is 2.18. The monoisotopic (exact) mass is 742 g/mol. The van der Waals surface area contributed by atoms with E-state index in [-0.39, 0.29) is 25.2 Å². The average molecular weight is 743 g/mol. The molecule has 0 aromatic carbocycles. The van der Waals surface area contributed by atoms with Crippen LogP contribution in [0.4, 0.5) is 0 Å². The third-order valence-corrected chi connectivity index (χ3v) is 9.65. The highest BCUT2D eigenvalue weighted by molar-refractivity contribution is 6.67. The molecule has 0 bridgehead atoms. The van der Waals surface area contributed by atoms with E-state index in [1.807, 2.05) is 41.5 Å². The number of aliphatic hydroxyl groups is 1. The lowest BCUT2D eigenvalue weighted by Gasteiger charge is -2.28. The second-order valence-electron chi connectivity index (χ2n) is 8.85. The van der Waals surface area contributed by atoms with Gasteiger partial charge in [0.05, 0.1) is 13.2 Å². The quantitative estimate of drug-likeness (QED) is 0.0340. The van der Waals surface area contributed by atoms with Gasteiger partial charge in [0, 0.05) is 62.4 Å². The van der Waals surface area contributed by atoms with E-state index in [0.717, 1.165) is 0 Å². The Kier molecular flexibility index (Phi) is 47.0. The predicted molar refractivity (Wildman–Crippen MR) is 197 cm³/mol. The van der Waals surface area contributed by atoms with Gasteiger partial charge >= 0.3 is 30.3 Å². The molecule has 0 radical (unpaired) electrons. The molecule has 0 rings (SSSR count). The standard InChI is InChI=1S/C13H26O5Si.C7H10O2.C6H16O3Si.C4H5ClO.C3H6O/c1-6-16-19(17-7-2,18-8-3)11-9-10-15-13(14)12(4)5;1-4-5-9-7(8)6(2)3;1-4-7-10(8-5-2)9-6-3;1-3(2)4(5)6;1-2-3-4/h4,6-11H2,1-3,5H3;4H,1-2,5H2,3H3;10H,4-6H2,1-3H3;1H2,2H3;2,4H,1,3H2. The van der Waals surface area contributed by atoms with Gasteiger partial charge in [0.2, 0.25) is 5.24 Å². The van der Waals surface area contributed by atoms with Crippen LogP contribution in [-0.2, 0) is 50.4 Å². The fourth-order valence-corrected chi connectivity index (χ4v) is 6.07. The summed E-state index contributed by atoms with van der Waals surface area (Å²) in [6.45, 7) is 37.6. The zero-order chi connectivity index (χ0) is 38.4. The first kappa shape index (κ1) is 55.2. The third-order valence-electron chi connectivity index (χ3n) is 4.36. The van der Waals surface area contributed by atoms with Gasteiger partial charge in [-0.1, -0.05) is 38.5 Å². The Morgan fingerprint density at radius 1 is 0.688 bits per heavy atom. The van der Waals surface area contributed by atoms with E-state index in [9.17, 15) is 14.4 Å². The van der Waals surface area contributed by atoms with Crippen LogP contribution in [0.25, 0.3) is 0 Å². The van der Waals surface area contributed by atoms with Gasteiger partial charge in [-0.05, 0) is 80.3 Å². The van der Waals surface area contributed by atoms with Crippen LogP contribution in [0.15, 0.2) is 61.8 Å². The van der Waals surface area contributed by atoms with Crippen molar-refractivity contribution in [3.05, 3.63) is 61.8 Å². The molecule has 0 aromatic rings. The maximum atomic E-state index is 11.2. The topological polar surface area (TPSA) is 145 Å². The minimum Gasteiger partial charge on any atom is -0.462 e. The van der Waals surface area contributed by atoms with Crippen molar-refractivity contribution >= 4 is 47.1 Å². The third kappa shape index (κ3) is 41.8. The van der Waals surface area contributed by atoms with E-state index in [2.05, 4.69) is 37.6 Å². The van der Waals surface area contributed by atoms with Gasteiger partial charge < -0.3 is 41.1 Å². The largest absolute Gasteiger partial charge is 0.501 e. The van der Waals surface area contributed by atoms with E-state index in [4.69, 9.17) is 48.0 Å². The number of aliphatic hydroxyl groups excluding tert-OH is 1. The molecular weight excluding hydrogens is 680 g/mol. The highest BCUT2D eigenvalue weighted by Gasteiger charge is 2.39. The number of esters is 2. The van der Waals surface area contributed by atoms with E-state index >= 15 is 0 Å². The van der Waals surface area contributed by atoms with Crippen LogP contribution in [0.5, 0.6) is 0 Å². The first-order valence-electron chi connectivity index (χ1n) is 15.7. The number of allylic oxidation sites excluding steroid dienone is 1. The van der Waals surface area contributed by atoms with E-state index in [0.29, 0.717) is 75.4 Å². The Morgan fingerprint density at radius 2 is 1.04 bits per heavy atom. The van der Waals surface area contributed by atoms with Crippen molar-refractivity contribution < 1.29 is 55.5 Å². The van der Waals surface area contributed by atoms with Crippen LogP contribution in [-0.4, -0.2) is 100 Å². The Balaban J connectivity index is -0.000000179. The molecule has 0 heterocycles. The Labute approximate surface area is 298 Å². The van der Waals surface area contributed by atoms with Crippen LogP contribution in [0.3, 0.4) is 0 Å². The van der Waals surface area contributed by atoms with Gasteiger partial charge in [0.1, 0.15) is 6.61 Å². The fourth-order valence-electron chi connectivity index (χ4n) is 2.39. The van der Waals surface area contributed by atoms with Crippen molar-refractivity contribution in [1.29, 1.82) is 0 Å². The van der Waals surface area contributed by atoms with Gasteiger partial charge in [-0.15, -0.1) is 6.58 Å².